The van der Waals surface area contributed by atoms with E-state index in [9.17, 15) is 0 Å². The molecule has 0 rings (SSSR count). The lowest BCUT2D eigenvalue weighted by Gasteiger charge is -2.05. The molecule has 8 heavy (non-hydrogen) atoms. The van der Waals surface area contributed by atoms with Gasteiger partial charge in [0.25, 0.3) is 0 Å². The van der Waals surface area contributed by atoms with Gasteiger partial charge in [0.05, 0.1) is 12.0 Å². The van der Waals surface area contributed by atoms with Crippen LogP contribution in [0.25, 0.3) is 0 Å². The molecule has 0 radical (unpaired) electrons. The van der Waals surface area contributed by atoms with E-state index in [1.54, 1.807) is 0 Å². The van der Waals surface area contributed by atoms with Gasteiger partial charge in [0.1, 0.15) is 0 Å². The summed E-state index contributed by atoms with van der Waals surface area (Å²) in [7, 11) is 0. The largest absolute Gasteiger partial charge is 0.198 e. The predicted molar refractivity (Wildman–Crippen MR) is 34.7 cm³/mol. The maximum Gasteiger partial charge on any atom is 0.0668 e. The van der Waals surface area contributed by atoms with Crippen LogP contribution in [0.3, 0.4) is 0 Å². The van der Waals surface area contributed by atoms with Crippen molar-refractivity contribution in [1.29, 1.82) is 5.26 Å². The van der Waals surface area contributed by atoms with Crippen molar-refractivity contribution in [3.63, 3.8) is 0 Å². The number of hydrogen-bond acceptors (Lipinski definition) is 1. The Kier molecular flexibility index (Phi) is 3.64. The molecule has 0 heterocycles. The molecule has 0 aliphatic carbocycles. The van der Waals surface area contributed by atoms with Crippen LogP contribution < -0.4 is 0 Å². The molecule has 0 saturated heterocycles. The molecule has 0 N–H and O–H groups in total. The highest BCUT2D eigenvalue weighted by atomic mass is 35.5. The zero-order valence-corrected chi connectivity index (χ0v) is 5.94. The minimum absolute atomic E-state index is 0.0123. The Hall–Kier alpha value is -0.220. The minimum atomic E-state index is -0.0123. The number of hydrogen-bond donors (Lipinski definition) is 0. The number of rotatable bonds is 2. The molecule has 0 aliphatic rings. The third kappa shape index (κ3) is 2.18. The van der Waals surface area contributed by atoms with E-state index in [1.807, 2.05) is 13.8 Å². The van der Waals surface area contributed by atoms with Crippen LogP contribution in [0.15, 0.2) is 0 Å². The first-order chi connectivity index (χ1) is 3.72. The lowest BCUT2D eigenvalue weighted by molar-refractivity contribution is 0.656. The molecule has 0 aromatic rings. The average molecular weight is 132 g/mol. The van der Waals surface area contributed by atoms with Crippen molar-refractivity contribution in [3.05, 3.63) is 0 Å². The quantitative estimate of drug-likeness (QED) is 0.527. The van der Waals surface area contributed by atoms with E-state index < -0.39 is 0 Å². The second-order valence-electron chi connectivity index (χ2n) is 1.84. The molecular weight excluding hydrogens is 122 g/mol. The van der Waals surface area contributed by atoms with Crippen molar-refractivity contribution in [2.75, 3.05) is 0 Å². The SMILES string of the molecule is CCC(Cl)C(C)C#N. The Morgan fingerprint density at radius 1 is 1.75 bits per heavy atom. The van der Waals surface area contributed by atoms with E-state index in [0.717, 1.165) is 6.42 Å². The van der Waals surface area contributed by atoms with Crippen molar-refractivity contribution in [1.82, 2.24) is 0 Å². The molecule has 0 aliphatic heterocycles. The predicted octanol–water partition coefficient (Wildman–Crippen LogP) is 2.16. The summed E-state index contributed by atoms with van der Waals surface area (Å²) in [5, 5.41) is 8.33. The van der Waals surface area contributed by atoms with Gasteiger partial charge in [-0.1, -0.05) is 6.92 Å². The van der Waals surface area contributed by atoms with E-state index in [1.165, 1.54) is 0 Å². The Labute approximate surface area is 55.3 Å². The summed E-state index contributed by atoms with van der Waals surface area (Å²) < 4.78 is 0. The topological polar surface area (TPSA) is 23.8 Å². The van der Waals surface area contributed by atoms with Gasteiger partial charge >= 0.3 is 0 Å². The summed E-state index contributed by atoms with van der Waals surface area (Å²) >= 11 is 5.69. The van der Waals surface area contributed by atoms with Crippen LogP contribution in [0, 0.1) is 17.2 Å². The number of nitriles is 1. The molecule has 0 aromatic heterocycles. The maximum absolute atomic E-state index is 8.30. The molecule has 0 saturated carbocycles. The molecule has 46 valence electrons. The highest BCUT2D eigenvalue weighted by Crippen LogP contribution is 2.11. The number of nitrogens with zero attached hydrogens (tertiary/aromatic N) is 1. The second-order valence-corrected chi connectivity index (χ2v) is 2.40. The lowest BCUT2D eigenvalue weighted by atomic mass is 10.1. The van der Waals surface area contributed by atoms with Crippen molar-refractivity contribution >= 4 is 11.6 Å². The summed E-state index contributed by atoms with van der Waals surface area (Å²) in [6, 6.07) is 2.08. The van der Waals surface area contributed by atoms with Gasteiger partial charge in [0, 0.05) is 5.38 Å². The van der Waals surface area contributed by atoms with Gasteiger partial charge in [0.2, 0.25) is 0 Å². The molecular formula is C6H10ClN. The molecule has 0 amide bonds. The first-order valence-electron chi connectivity index (χ1n) is 2.76. The van der Waals surface area contributed by atoms with Crippen molar-refractivity contribution < 1.29 is 0 Å². The third-order valence-corrected chi connectivity index (χ3v) is 1.82. The normalized spacial score (nSPS) is 16.8. The highest BCUT2D eigenvalue weighted by molar-refractivity contribution is 6.20. The van der Waals surface area contributed by atoms with E-state index in [4.69, 9.17) is 16.9 Å². The number of halogens is 1. The maximum atomic E-state index is 8.30. The molecule has 2 atom stereocenters. The van der Waals surface area contributed by atoms with Crippen LogP contribution in [-0.4, -0.2) is 5.38 Å². The summed E-state index contributed by atoms with van der Waals surface area (Å²) in [6.45, 7) is 3.81. The monoisotopic (exact) mass is 131 g/mol. The Morgan fingerprint density at radius 2 is 2.25 bits per heavy atom. The van der Waals surface area contributed by atoms with Gasteiger partial charge in [-0.2, -0.15) is 5.26 Å². The molecule has 2 unspecified atom stereocenters. The minimum Gasteiger partial charge on any atom is -0.198 e. The van der Waals surface area contributed by atoms with Crippen molar-refractivity contribution in [2.24, 2.45) is 5.92 Å². The van der Waals surface area contributed by atoms with Crippen LogP contribution >= 0.6 is 11.6 Å². The summed E-state index contributed by atoms with van der Waals surface area (Å²) in [6.07, 6.45) is 0.871. The zero-order valence-electron chi connectivity index (χ0n) is 5.19. The second kappa shape index (κ2) is 3.74. The fourth-order valence-corrected chi connectivity index (χ4v) is 0.491. The van der Waals surface area contributed by atoms with Gasteiger partial charge < -0.3 is 0 Å². The fraction of sp³-hybridized carbons (Fsp3) is 0.833. The van der Waals surface area contributed by atoms with Crippen molar-refractivity contribution in [3.8, 4) is 6.07 Å². The van der Waals surface area contributed by atoms with Gasteiger partial charge in [-0.05, 0) is 13.3 Å². The van der Waals surface area contributed by atoms with Gasteiger partial charge in [-0.3, -0.25) is 0 Å². The molecule has 0 fully saturated rings. The first kappa shape index (κ1) is 7.78. The first-order valence-corrected chi connectivity index (χ1v) is 3.19. The standard InChI is InChI=1S/C6H10ClN/c1-3-6(7)5(2)4-8/h5-6H,3H2,1-2H3. The average Bonchev–Trinajstić information content (AvgIpc) is 1.84. The van der Waals surface area contributed by atoms with Crippen LogP contribution in [0.4, 0.5) is 0 Å². The van der Waals surface area contributed by atoms with E-state index in [-0.39, 0.29) is 11.3 Å². The fourth-order valence-electron chi connectivity index (χ4n) is 0.434. The Balaban J connectivity index is 3.49. The Morgan fingerprint density at radius 3 is 2.38 bits per heavy atom. The van der Waals surface area contributed by atoms with Gasteiger partial charge in [0.15, 0.2) is 0 Å². The van der Waals surface area contributed by atoms with E-state index >= 15 is 0 Å². The van der Waals surface area contributed by atoms with Gasteiger partial charge in [-0.25, -0.2) is 0 Å². The third-order valence-electron chi connectivity index (χ3n) is 1.14. The summed E-state index contributed by atoms with van der Waals surface area (Å²) in [4.78, 5) is 0. The molecule has 2 heteroatoms. The van der Waals surface area contributed by atoms with Gasteiger partial charge in [-0.15, -0.1) is 11.6 Å². The zero-order chi connectivity index (χ0) is 6.57. The highest BCUT2D eigenvalue weighted by Gasteiger charge is 2.09. The molecule has 0 spiro atoms. The smallest absolute Gasteiger partial charge is 0.0668 e. The summed E-state index contributed by atoms with van der Waals surface area (Å²) in [5.74, 6) is -0.0123. The van der Waals surface area contributed by atoms with Crippen LogP contribution in [0.5, 0.6) is 0 Å². The molecule has 0 aromatic carbocycles. The van der Waals surface area contributed by atoms with Crippen LogP contribution in [-0.2, 0) is 0 Å². The summed E-state index contributed by atoms with van der Waals surface area (Å²) in [5.41, 5.74) is 0. The van der Waals surface area contributed by atoms with Crippen molar-refractivity contribution in [2.45, 2.75) is 25.6 Å². The van der Waals surface area contributed by atoms with E-state index in [2.05, 4.69) is 6.07 Å². The lowest BCUT2D eigenvalue weighted by Crippen LogP contribution is -2.06. The van der Waals surface area contributed by atoms with Crippen LogP contribution in [0.2, 0.25) is 0 Å². The molecule has 1 nitrogen and oxygen atoms in total. The molecule has 0 bridgehead atoms. The van der Waals surface area contributed by atoms with Crippen LogP contribution in [0.1, 0.15) is 20.3 Å². The Bertz CT molecular complexity index is 95.2. The number of alkyl halides is 1. The van der Waals surface area contributed by atoms with E-state index in [0.29, 0.717) is 0 Å².